The van der Waals surface area contributed by atoms with E-state index in [2.05, 4.69) is 4.99 Å². The zero-order valence-electron chi connectivity index (χ0n) is 12.8. The molecule has 0 saturated heterocycles. The third-order valence-corrected chi connectivity index (χ3v) is 2.93. The summed E-state index contributed by atoms with van der Waals surface area (Å²) in [4.78, 5) is 16.0. The van der Waals surface area contributed by atoms with Gasteiger partial charge in [0.25, 0.3) is 0 Å². The average molecular weight is 310 g/mol. The fourth-order valence-electron chi connectivity index (χ4n) is 1.78. The van der Waals surface area contributed by atoms with E-state index in [0.717, 1.165) is 6.42 Å². The molecule has 1 aromatic carbocycles. The molecule has 4 N–H and O–H groups in total. The number of carbonyl (C=O) groups is 1. The molecular weight excluding hydrogens is 288 g/mol. The van der Waals surface area contributed by atoms with Gasteiger partial charge in [0.2, 0.25) is 0 Å². The Balaban J connectivity index is 2.57. The van der Waals surface area contributed by atoms with Crippen LogP contribution < -0.4 is 10.5 Å². The van der Waals surface area contributed by atoms with Gasteiger partial charge in [-0.1, -0.05) is 0 Å². The standard InChI is InChI=1S/C15H22N2O5/c1-10(16)17-5-3-4-6-22-15(20)11-7-12(9-18)14(19)13(8-11)21-2/h7-8,18-19H,3-6,9H2,1-2H3,(H2,16,17). The number of hydrogen-bond acceptors (Lipinski definition) is 6. The Morgan fingerprint density at radius 3 is 2.68 bits per heavy atom. The molecule has 0 amide bonds. The number of aliphatic hydroxyl groups is 1. The zero-order chi connectivity index (χ0) is 16.5. The number of ether oxygens (including phenoxy) is 2. The van der Waals surface area contributed by atoms with Crippen LogP contribution in [0.1, 0.15) is 35.7 Å². The van der Waals surface area contributed by atoms with Gasteiger partial charge in [-0.3, -0.25) is 4.99 Å². The van der Waals surface area contributed by atoms with Crippen molar-refractivity contribution in [3.63, 3.8) is 0 Å². The molecule has 0 atom stereocenters. The molecule has 7 nitrogen and oxygen atoms in total. The van der Waals surface area contributed by atoms with Gasteiger partial charge >= 0.3 is 5.97 Å². The molecule has 7 heteroatoms. The Kier molecular flexibility index (Phi) is 7.18. The maximum Gasteiger partial charge on any atom is 0.338 e. The van der Waals surface area contributed by atoms with Gasteiger partial charge in [-0.15, -0.1) is 0 Å². The summed E-state index contributed by atoms with van der Waals surface area (Å²) in [6, 6.07) is 2.75. The molecule has 0 fully saturated rings. The highest BCUT2D eigenvalue weighted by Crippen LogP contribution is 2.31. The van der Waals surface area contributed by atoms with Crippen LogP contribution in [0.5, 0.6) is 11.5 Å². The van der Waals surface area contributed by atoms with Crippen LogP contribution in [0.4, 0.5) is 0 Å². The quantitative estimate of drug-likeness (QED) is 0.288. The van der Waals surface area contributed by atoms with Crippen molar-refractivity contribution in [2.75, 3.05) is 20.3 Å². The van der Waals surface area contributed by atoms with Crippen LogP contribution >= 0.6 is 0 Å². The number of aromatic hydroxyl groups is 1. The third-order valence-electron chi connectivity index (χ3n) is 2.93. The van der Waals surface area contributed by atoms with E-state index in [4.69, 9.17) is 15.2 Å². The molecule has 0 aliphatic heterocycles. The molecule has 0 aliphatic carbocycles. The van der Waals surface area contributed by atoms with Crippen molar-refractivity contribution in [1.82, 2.24) is 0 Å². The Labute approximate surface area is 129 Å². The second-order valence-corrected chi connectivity index (χ2v) is 4.71. The Bertz CT molecular complexity index is 514. The predicted octanol–water partition coefficient (Wildman–Crippen LogP) is 1.21. The monoisotopic (exact) mass is 310 g/mol. The van der Waals surface area contributed by atoms with Crippen LogP contribution in [0.25, 0.3) is 0 Å². The molecule has 0 radical (unpaired) electrons. The molecule has 122 valence electrons. The van der Waals surface area contributed by atoms with Gasteiger partial charge in [-0.2, -0.15) is 0 Å². The lowest BCUT2D eigenvalue weighted by Crippen LogP contribution is -2.09. The molecule has 0 saturated carbocycles. The first-order valence-corrected chi connectivity index (χ1v) is 6.94. The number of methoxy groups -OCH3 is 1. The fraction of sp³-hybridized carbons (Fsp3) is 0.467. The second-order valence-electron chi connectivity index (χ2n) is 4.71. The zero-order valence-corrected chi connectivity index (χ0v) is 12.8. The number of carbonyl (C=O) groups excluding carboxylic acids is 1. The average Bonchev–Trinajstić information content (AvgIpc) is 2.50. The van der Waals surface area contributed by atoms with Gasteiger partial charge in [0.15, 0.2) is 11.5 Å². The summed E-state index contributed by atoms with van der Waals surface area (Å²) in [5.74, 6) is -0.0703. The third kappa shape index (κ3) is 5.25. The summed E-state index contributed by atoms with van der Waals surface area (Å²) in [6.45, 7) is 2.17. The number of unbranched alkanes of at least 4 members (excludes halogenated alkanes) is 1. The van der Waals surface area contributed by atoms with Gasteiger partial charge in [-0.25, -0.2) is 4.79 Å². The molecule has 0 aliphatic rings. The Morgan fingerprint density at radius 1 is 1.36 bits per heavy atom. The van der Waals surface area contributed by atoms with E-state index < -0.39 is 12.6 Å². The van der Waals surface area contributed by atoms with Crippen molar-refractivity contribution in [2.24, 2.45) is 10.7 Å². The van der Waals surface area contributed by atoms with Crippen LogP contribution in [0.3, 0.4) is 0 Å². The maximum atomic E-state index is 11.9. The highest BCUT2D eigenvalue weighted by atomic mass is 16.5. The van der Waals surface area contributed by atoms with E-state index in [1.165, 1.54) is 19.2 Å². The van der Waals surface area contributed by atoms with Crippen molar-refractivity contribution in [3.8, 4) is 11.5 Å². The van der Waals surface area contributed by atoms with Crippen LogP contribution in [0, 0.1) is 0 Å². The molecule has 1 rings (SSSR count). The SMILES string of the molecule is COc1cc(C(=O)OCCCC/N=C(/C)N)cc(CO)c1O. The highest BCUT2D eigenvalue weighted by Gasteiger charge is 2.15. The number of rotatable bonds is 8. The van der Waals surface area contributed by atoms with E-state index in [1.807, 2.05) is 0 Å². The minimum absolute atomic E-state index is 0.117. The van der Waals surface area contributed by atoms with Crippen LogP contribution in [0.2, 0.25) is 0 Å². The number of esters is 1. The Hall–Kier alpha value is -2.28. The molecule has 1 aromatic rings. The largest absolute Gasteiger partial charge is 0.504 e. The van der Waals surface area contributed by atoms with E-state index in [1.54, 1.807) is 6.92 Å². The normalized spacial score (nSPS) is 11.3. The minimum Gasteiger partial charge on any atom is -0.504 e. The molecule has 0 spiro atoms. The number of nitrogens with zero attached hydrogens (tertiary/aromatic N) is 1. The topological polar surface area (TPSA) is 114 Å². The number of amidine groups is 1. The first-order valence-electron chi connectivity index (χ1n) is 6.94. The van der Waals surface area contributed by atoms with Gasteiger partial charge in [0.05, 0.1) is 31.7 Å². The van der Waals surface area contributed by atoms with Crippen LogP contribution in [-0.4, -0.2) is 42.3 Å². The van der Waals surface area contributed by atoms with Crippen LogP contribution in [0.15, 0.2) is 17.1 Å². The molecule has 0 bridgehead atoms. The lowest BCUT2D eigenvalue weighted by Gasteiger charge is -2.10. The second kappa shape index (κ2) is 8.89. The number of nitrogens with two attached hydrogens (primary N) is 1. The summed E-state index contributed by atoms with van der Waals surface area (Å²) < 4.78 is 10.1. The number of phenols is 1. The van der Waals surface area contributed by atoms with E-state index in [-0.39, 0.29) is 29.2 Å². The molecule has 0 unspecified atom stereocenters. The minimum atomic E-state index is -0.536. The molecule has 22 heavy (non-hydrogen) atoms. The van der Waals surface area contributed by atoms with E-state index in [0.29, 0.717) is 18.8 Å². The lowest BCUT2D eigenvalue weighted by atomic mass is 10.1. The molecule has 0 heterocycles. The number of benzene rings is 1. The van der Waals surface area contributed by atoms with Crippen molar-refractivity contribution in [3.05, 3.63) is 23.3 Å². The maximum absolute atomic E-state index is 11.9. The van der Waals surface area contributed by atoms with Crippen molar-refractivity contribution in [1.29, 1.82) is 0 Å². The predicted molar refractivity (Wildman–Crippen MR) is 82.3 cm³/mol. The smallest absolute Gasteiger partial charge is 0.338 e. The van der Waals surface area contributed by atoms with E-state index in [9.17, 15) is 15.0 Å². The number of hydrogen-bond donors (Lipinski definition) is 3. The van der Waals surface area contributed by atoms with Crippen LogP contribution in [-0.2, 0) is 11.3 Å². The van der Waals surface area contributed by atoms with Crippen molar-refractivity contribution in [2.45, 2.75) is 26.4 Å². The number of aliphatic hydroxyl groups excluding tert-OH is 1. The summed E-state index contributed by atoms with van der Waals surface area (Å²) >= 11 is 0. The summed E-state index contributed by atoms with van der Waals surface area (Å²) in [6.07, 6.45) is 1.44. The van der Waals surface area contributed by atoms with E-state index >= 15 is 0 Å². The van der Waals surface area contributed by atoms with Gasteiger partial charge in [0.1, 0.15) is 0 Å². The van der Waals surface area contributed by atoms with Gasteiger partial charge in [0, 0.05) is 12.1 Å². The van der Waals surface area contributed by atoms with Gasteiger partial charge < -0.3 is 25.4 Å². The fourth-order valence-corrected chi connectivity index (χ4v) is 1.78. The Morgan fingerprint density at radius 2 is 2.09 bits per heavy atom. The highest BCUT2D eigenvalue weighted by molar-refractivity contribution is 5.90. The van der Waals surface area contributed by atoms with Gasteiger partial charge in [-0.05, 0) is 31.9 Å². The van der Waals surface area contributed by atoms with Crippen molar-refractivity contribution < 1.29 is 24.5 Å². The first-order chi connectivity index (χ1) is 10.5. The molecular formula is C15H22N2O5. The lowest BCUT2D eigenvalue weighted by molar-refractivity contribution is 0.0498. The molecule has 0 aromatic heterocycles. The number of aliphatic imine (C=N–C) groups is 1. The summed E-state index contributed by atoms with van der Waals surface area (Å²) in [7, 11) is 1.37. The summed E-state index contributed by atoms with van der Waals surface area (Å²) in [5, 5.41) is 18.9. The first kappa shape index (κ1) is 17.8. The van der Waals surface area contributed by atoms with Crippen molar-refractivity contribution >= 4 is 11.8 Å². The summed E-state index contributed by atoms with van der Waals surface area (Å²) in [5.41, 5.74) is 5.83.